The molecule has 2 nitrogen and oxygen atoms in total. The van der Waals surface area contributed by atoms with E-state index in [1.165, 1.54) is 0 Å². The Morgan fingerprint density at radius 2 is 1.95 bits per heavy atom. The van der Waals surface area contributed by atoms with Gasteiger partial charge in [-0.3, -0.25) is 4.79 Å². The maximum absolute atomic E-state index is 11.6. The van der Waals surface area contributed by atoms with Crippen LogP contribution in [0, 0.1) is 0 Å². The van der Waals surface area contributed by atoms with Gasteiger partial charge in [0.15, 0.2) is 0 Å². The fourth-order valence-electron chi connectivity index (χ4n) is 2.66. The summed E-state index contributed by atoms with van der Waals surface area (Å²) >= 11 is 5.68. The van der Waals surface area contributed by atoms with Gasteiger partial charge in [-0.25, -0.2) is 0 Å². The van der Waals surface area contributed by atoms with Crippen LogP contribution in [0.2, 0.25) is 0 Å². The zero-order valence-corrected chi connectivity index (χ0v) is 12.4. The molecular formula is C18H15NOS. The molecular weight excluding hydrogens is 278 g/mol. The summed E-state index contributed by atoms with van der Waals surface area (Å²) in [4.78, 5) is 12.4. The van der Waals surface area contributed by atoms with Crippen molar-refractivity contribution in [2.45, 2.75) is 12.8 Å². The number of rotatable bonds is 4. The highest BCUT2D eigenvalue weighted by molar-refractivity contribution is 7.81. The lowest BCUT2D eigenvalue weighted by atomic mass is 9.95. The smallest absolute Gasteiger partial charge is 0.228 e. The molecule has 2 aromatic rings. The summed E-state index contributed by atoms with van der Waals surface area (Å²) in [5.41, 5.74) is 4.98. The van der Waals surface area contributed by atoms with E-state index in [9.17, 15) is 4.79 Å². The van der Waals surface area contributed by atoms with Crippen molar-refractivity contribution in [2.24, 2.45) is 0 Å². The Morgan fingerprint density at radius 1 is 1.19 bits per heavy atom. The van der Waals surface area contributed by atoms with Crippen LogP contribution in [0.5, 0.6) is 0 Å². The number of allylic oxidation sites excluding steroid dienone is 1. The van der Waals surface area contributed by atoms with Crippen LogP contribution in [0.4, 0.5) is 5.69 Å². The number of benzene rings is 2. The Balaban J connectivity index is 2.07. The average Bonchev–Trinajstić information content (AvgIpc) is 2.87. The molecule has 1 aliphatic heterocycles. The summed E-state index contributed by atoms with van der Waals surface area (Å²) < 4.78 is 0. The van der Waals surface area contributed by atoms with E-state index < -0.39 is 0 Å². The number of para-hydroxylation sites is 1. The van der Waals surface area contributed by atoms with E-state index in [-0.39, 0.29) is 5.91 Å². The third kappa shape index (κ3) is 2.52. The second kappa shape index (κ2) is 5.62. The standard InChI is InChI=1S/C18H15NOS/c1-2-6-12-7-3-4-9-14(12)18(21)15-10-5-8-13-11-16(20)19-17(13)15/h2-5,7-10H,1,6,11H2,(H,19,20). The van der Waals surface area contributed by atoms with E-state index in [2.05, 4.69) is 18.0 Å². The second-order valence-electron chi connectivity index (χ2n) is 5.04. The molecule has 104 valence electrons. The van der Waals surface area contributed by atoms with Gasteiger partial charge in [0, 0.05) is 5.56 Å². The minimum atomic E-state index is 0.0274. The largest absolute Gasteiger partial charge is 0.325 e. The number of fused-ring (bicyclic) bond motifs is 1. The van der Waals surface area contributed by atoms with E-state index in [4.69, 9.17) is 12.2 Å². The van der Waals surface area contributed by atoms with E-state index in [0.29, 0.717) is 6.42 Å². The average molecular weight is 293 g/mol. The number of anilines is 1. The first-order chi connectivity index (χ1) is 10.2. The van der Waals surface area contributed by atoms with Crippen molar-refractivity contribution in [3.8, 4) is 0 Å². The predicted molar refractivity (Wildman–Crippen MR) is 89.9 cm³/mol. The van der Waals surface area contributed by atoms with Crippen molar-refractivity contribution >= 4 is 28.7 Å². The molecule has 1 amide bonds. The zero-order valence-electron chi connectivity index (χ0n) is 11.6. The fraction of sp³-hybridized carbons (Fsp3) is 0.111. The number of amides is 1. The van der Waals surface area contributed by atoms with Gasteiger partial charge in [0.25, 0.3) is 0 Å². The number of carbonyl (C=O) groups is 1. The van der Waals surface area contributed by atoms with Crippen molar-refractivity contribution in [1.29, 1.82) is 0 Å². The maximum Gasteiger partial charge on any atom is 0.228 e. The van der Waals surface area contributed by atoms with Gasteiger partial charge in [0.05, 0.1) is 17.0 Å². The van der Waals surface area contributed by atoms with Crippen LogP contribution in [0.1, 0.15) is 22.3 Å². The fourth-order valence-corrected chi connectivity index (χ4v) is 3.03. The van der Waals surface area contributed by atoms with Gasteiger partial charge in [0.1, 0.15) is 0 Å². The number of hydrogen-bond donors (Lipinski definition) is 1. The molecule has 0 saturated carbocycles. The molecule has 0 saturated heterocycles. The summed E-state index contributed by atoms with van der Waals surface area (Å²) in [6.07, 6.45) is 3.08. The highest BCUT2D eigenvalue weighted by Crippen LogP contribution is 2.30. The molecule has 0 atom stereocenters. The van der Waals surface area contributed by atoms with E-state index in [1.807, 2.05) is 42.5 Å². The van der Waals surface area contributed by atoms with Gasteiger partial charge in [-0.15, -0.1) is 6.58 Å². The van der Waals surface area contributed by atoms with Crippen molar-refractivity contribution in [3.63, 3.8) is 0 Å². The third-order valence-electron chi connectivity index (χ3n) is 3.64. The van der Waals surface area contributed by atoms with Crippen LogP contribution in [0.25, 0.3) is 0 Å². The number of thiocarbonyl (C=S) groups is 1. The van der Waals surface area contributed by atoms with E-state index in [0.717, 1.165) is 39.2 Å². The highest BCUT2D eigenvalue weighted by atomic mass is 32.1. The molecule has 0 unspecified atom stereocenters. The first-order valence-corrected chi connectivity index (χ1v) is 7.27. The van der Waals surface area contributed by atoms with Crippen molar-refractivity contribution in [2.75, 3.05) is 5.32 Å². The van der Waals surface area contributed by atoms with Gasteiger partial charge in [-0.1, -0.05) is 60.8 Å². The molecule has 0 radical (unpaired) electrons. The molecule has 0 aromatic heterocycles. The summed E-state index contributed by atoms with van der Waals surface area (Å²) in [5.74, 6) is 0.0274. The number of nitrogens with one attached hydrogen (secondary N) is 1. The third-order valence-corrected chi connectivity index (χ3v) is 4.08. The summed E-state index contributed by atoms with van der Waals surface area (Å²) in [6.45, 7) is 3.80. The summed E-state index contributed by atoms with van der Waals surface area (Å²) in [5, 5.41) is 2.92. The van der Waals surface area contributed by atoms with Gasteiger partial charge in [-0.05, 0) is 23.1 Å². The molecule has 2 aromatic carbocycles. The van der Waals surface area contributed by atoms with Crippen molar-refractivity contribution in [3.05, 3.63) is 77.4 Å². The predicted octanol–water partition coefficient (Wildman–Crippen LogP) is 3.68. The Morgan fingerprint density at radius 3 is 2.76 bits per heavy atom. The highest BCUT2D eigenvalue weighted by Gasteiger charge is 2.22. The maximum atomic E-state index is 11.6. The quantitative estimate of drug-likeness (QED) is 0.529. The monoisotopic (exact) mass is 293 g/mol. The van der Waals surface area contributed by atoms with Gasteiger partial charge < -0.3 is 5.32 Å². The Labute approximate surface area is 129 Å². The normalized spacial score (nSPS) is 12.7. The minimum absolute atomic E-state index is 0.0274. The van der Waals surface area contributed by atoms with Crippen LogP contribution in [0.15, 0.2) is 55.1 Å². The molecule has 0 spiro atoms. The molecule has 0 fully saturated rings. The van der Waals surface area contributed by atoms with E-state index >= 15 is 0 Å². The van der Waals surface area contributed by atoms with Crippen molar-refractivity contribution in [1.82, 2.24) is 0 Å². The molecule has 0 bridgehead atoms. The first-order valence-electron chi connectivity index (χ1n) is 6.86. The van der Waals surface area contributed by atoms with E-state index in [1.54, 1.807) is 0 Å². The lowest BCUT2D eigenvalue weighted by molar-refractivity contribution is -0.115. The molecule has 3 rings (SSSR count). The van der Waals surface area contributed by atoms with Gasteiger partial charge in [0.2, 0.25) is 5.91 Å². The molecule has 21 heavy (non-hydrogen) atoms. The second-order valence-corrected chi connectivity index (χ2v) is 5.45. The van der Waals surface area contributed by atoms with Crippen LogP contribution < -0.4 is 5.32 Å². The first kappa shape index (κ1) is 13.7. The summed E-state index contributed by atoms with van der Waals surface area (Å²) in [6, 6.07) is 14.0. The number of carbonyl (C=O) groups excluding carboxylic acids is 1. The Bertz CT molecular complexity index is 749. The molecule has 1 aliphatic rings. The molecule has 0 aliphatic carbocycles. The SMILES string of the molecule is C=CCc1ccccc1C(=S)c1cccc2c1NC(=O)C2. The van der Waals surface area contributed by atoms with Crippen LogP contribution in [-0.2, 0) is 17.6 Å². The lowest BCUT2D eigenvalue weighted by Gasteiger charge is -2.13. The minimum Gasteiger partial charge on any atom is -0.325 e. The van der Waals surface area contributed by atoms with Crippen LogP contribution in [-0.4, -0.2) is 10.8 Å². The van der Waals surface area contributed by atoms with Crippen LogP contribution in [0.3, 0.4) is 0 Å². The molecule has 1 heterocycles. The Hall–Kier alpha value is -2.26. The molecule has 1 N–H and O–H groups in total. The summed E-state index contributed by atoms with van der Waals surface area (Å²) in [7, 11) is 0. The van der Waals surface area contributed by atoms with Gasteiger partial charge >= 0.3 is 0 Å². The van der Waals surface area contributed by atoms with Crippen LogP contribution >= 0.6 is 12.2 Å². The molecule has 3 heteroatoms. The Kier molecular flexibility index (Phi) is 3.67. The zero-order chi connectivity index (χ0) is 14.8. The number of hydrogen-bond acceptors (Lipinski definition) is 2. The topological polar surface area (TPSA) is 29.1 Å². The van der Waals surface area contributed by atoms with Crippen molar-refractivity contribution < 1.29 is 4.79 Å². The van der Waals surface area contributed by atoms with Gasteiger partial charge in [-0.2, -0.15) is 0 Å². The lowest BCUT2D eigenvalue weighted by Crippen LogP contribution is -2.09.